The van der Waals surface area contributed by atoms with Gasteiger partial charge in [0.15, 0.2) is 11.4 Å². The third kappa shape index (κ3) is 2.87. The lowest BCUT2D eigenvalue weighted by Crippen LogP contribution is -2.51. The normalized spacial score (nSPS) is 17.1. The number of halogens is 1. The molecule has 1 fully saturated rings. The Hall–Kier alpha value is -1.33. The van der Waals surface area contributed by atoms with E-state index in [1.165, 1.54) is 6.92 Å². The Bertz CT molecular complexity index is 446. The van der Waals surface area contributed by atoms with Crippen LogP contribution in [-0.4, -0.2) is 29.7 Å². The van der Waals surface area contributed by atoms with E-state index in [2.05, 4.69) is 10.3 Å². The maximum Gasteiger partial charge on any atom is 0.222 e. The van der Waals surface area contributed by atoms with Crippen molar-refractivity contribution in [2.24, 2.45) is 0 Å². The summed E-state index contributed by atoms with van der Waals surface area (Å²) >= 11 is 5.90. The average molecular weight is 257 g/mol. The van der Waals surface area contributed by atoms with Crippen LogP contribution in [0.2, 0.25) is 5.02 Å². The third-order valence-corrected chi connectivity index (χ3v) is 2.59. The quantitative estimate of drug-likeness (QED) is 0.897. The van der Waals surface area contributed by atoms with E-state index in [1.54, 1.807) is 12.1 Å². The standard InChI is InChI=1S/C11H13ClN2O3/c1-7(15)13-10-8(12)3-4-9(14-10)17-11(2)5-16-6-11/h3-4H,5-6H2,1-2H3,(H,13,14,15). The third-order valence-electron chi connectivity index (χ3n) is 2.28. The summed E-state index contributed by atoms with van der Waals surface area (Å²) in [6.07, 6.45) is 0. The molecule has 5 nitrogen and oxygen atoms in total. The Morgan fingerprint density at radius 1 is 1.59 bits per heavy atom. The van der Waals surface area contributed by atoms with Gasteiger partial charge in [0.1, 0.15) is 0 Å². The summed E-state index contributed by atoms with van der Waals surface area (Å²) in [5, 5.41) is 2.92. The largest absolute Gasteiger partial charge is 0.466 e. The fourth-order valence-corrected chi connectivity index (χ4v) is 1.59. The van der Waals surface area contributed by atoms with E-state index in [9.17, 15) is 4.79 Å². The van der Waals surface area contributed by atoms with Crippen LogP contribution in [0.15, 0.2) is 12.1 Å². The number of carbonyl (C=O) groups excluding carboxylic acids is 1. The van der Waals surface area contributed by atoms with Crippen molar-refractivity contribution < 1.29 is 14.3 Å². The van der Waals surface area contributed by atoms with Crippen molar-refractivity contribution in [2.45, 2.75) is 19.4 Å². The molecule has 2 rings (SSSR count). The Morgan fingerprint density at radius 3 is 2.82 bits per heavy atom. The predicted molar refractivity (Wildman–Crippen MR) is 63.4 cm³/mol. The van der Waals surface area contributed by atoms with Crippen molar-refractivity contribution in [1.29, 1.82) is 0 Å². The molecule has 1 saturated heterocycles. The van der Waals surface area contributed by atoms with Gasteiger partial charge in [-0.3, -0.25) is 4.79 Å². The molecule has 0 aliphatic carbocycles. The van der Waals surface area contributed by atoms with E-state index in [0.717, 1.165) is 0 Å². The van der Waals surface area contributed by atoms with E-state index >= 15 is 0 Å². The molecule has 0 bridgehead atoms. The van der Waals surface area contributed by atoms with Gasteiger partial charge in [-0.1, -0.05) is 11.6 Å². The Balaban J connectivity index is 2.15. The molecule has 0 radical (unpaired) electrons. The number of aromatic nitrogens is 1. The minimum Gasteiger partial charge on any atom is -0.466 e. The molecule has 0 saturated carbocycles. The van der Waals surface area contributed by atoms with E-state index in [0.29, 0.717) is 29.9 Å². The minimum absolute atomic E-state index is 0.227. The van der Waals surface area contributed by atoms with E-state index in [4.69, 9.17) is 21.1 Å². The van der Waals surface area contributed by atoms with Crippen LogP contribution in [0.25, 0.3) is 0 Å². The monoisotopic (exact) mass is 256 g/mol. The molecule has 1 N–H and O–H groups in total. The highest BCUT2D eigenvalue weighted by Crippen LogP contribution is 2.27. The number of nitrogens with one attached hydrogen (secondary N) is 1. The molecule has 17 heavy (non-hydrogen) atoms. The van der Waals surface area contributed by atoms with Crippen LogP contribution in [0.1, 0.15) is 13.8 Å². The molecule has 0 aromatic carbocycles. The number of carbonyl (C=O) groups is 1. The molecular weight excluding hydrogens is 244 g/mol. The van der Waals surface area contributed by atoms with Crippen LogP contribution < -0.4 is 10.1 Å². The molecule has 0 atom stereocenters. The van der Waals surface area contributed by atoms with Crippen LogP contribution in [0.4, 0.5) is 5.82 Å². The molecule has 1 aromatic heterocycles. The summed E-state index contributed by atoms with van der Waals surface area (Å²) < 4.78 is 10.7. The number of amides is 1. The molecule has 1 aliphatic heterocycles. The Labute approximate surface area is 104 Å². The first kappa shape index (κ1) is 12.1. The van der Waals surface area contributed by atoms with Gasteiger partial charge in [-0.05, 0) is 13.0 Å². The van der Waals surface area contributed by atoms with Crippen LogP contribution in [0.3, 0.4) is 0 Å². The van der Waals surface area contributed by atoms with Crippen molar-refractivity contribution in [3.8, 4) is 5.88 Å². The number of anilines is 1. The summed E-state index contributed by atoms with van der Waals surface area (Å²) in [4.78, 5) is 15.1. The lowest BCUT2D eigenvalue weighted by Gasteiger charge is -2.37. The van der Waals surface area contributed by atoms with Crippen molar-refractivity contribution in [2.75, 3.05) is 18.5 Å². The SMILES string of the molecule is CC(=O)Nc1nc(OC2(C)COC2)ccc1Cl. The van der Waals surface area contributed by atoms with E-state index in [1.807, 2.05) is 6.92 Å². The summed E-state index contributed by atoms with van der Waals surface area (Å²) in [7, 11) is 0. The van der Waals surface area contributed by atoms with E-state index < -0.39 is 0 Å². The lowest BCUT2D eigenvalue weighted by atomic mass is 10.1. The zero-order valence-electron chi connectivity index (χ0n) is 9.62. The predicted octanol–water partition coefficient (Wildman–Crippen LogP) is 1.86. The average Bonchev–Trinajstić information content (AvgIpc) is 2.20. The highest BCUT2D eigenvalue weighted by Gasteiger charge is 2.36. The smallest absolute Gasteiger partial charge is 0.222 e. The topological polar surface area (TPSA) is 60.5 Å². The molecule has 0 spiro atoms. The molecule has 1 aromatic rings. The van der Waals surface area contributed by atoms with Crippen LogP contribution in [0.5, 0.6) is 5.88 Å². The van der Waals surface area contributed by atoms with Gasteiger partial charge < -0.3 is 14.8 Å². The van der Waals surface area contributed by atoms with Gasteiger partial charge in [0.05, 0.1) is 18.2 Å². The summed E-state index contributed by atoms with van der Waals surface area (Å²) in [6, 6.07) is 3.30. The summed E-state index contributed by atoms with van der Waals surface area (Å²) in [5.41, 5.74) is -0.339. The second-order valence-corrected chi connectivity index (χ2v) is 4.61. The van der Waals surface area contributed by atoms with Crippen molar-refractivity contribution in [3.05, 3.63) is 17.2 Å². The highest BCUT2D eigenvalue weighted by molar-refractivity contribution is 6.33. The number of hydrogen-bond donors (Lipinski definition) is 1. The zero-order chi connectivity index (χ0) is 12.5. The molecular formula is C11H13ClN2O3. The number of ether oxygens (including phenoxy) is 2. The molecule has 2 heterocycles. The Morgan fingerprint density at radius 2 is 2.29 bits per heavy atom. The highest BCUT2D eigenvalue weighted by atomic mass is 35.5. The molecule has 0 unspecified atom stereocenters. The first-order chi connectivity index (χ1) is 7.98. The van der Waals surface area contributed by atoms with E-state index in [-0.39, 0.29) is 11.5 Å². The molecule has 1 amide bonds. The number of nitrogens with zero attached hydrogens (tertiary/aromatic N) is 1. The number of rotatable bonds is 3. The van der Waals surface area contributed by atoms with Gasteiger partial charge in [0.2, 0.25) is 11.8 Å². The second-order valence-electron chi connectivity index (χ2n) is 4.21. The second kappa shape index (κ2) is 4.50. The first-order valence-electron chi connectivity index (χ1n) is 5.19. The molecule has 6 heteroatoms. The van der Waals surface area contributed by atoms with Gasteiger partial charge in [-0.15, -0.1) is 0 Å². The molecule has 1 aliphatic rings. The minimum atomic E-state index is -0.339. The fraction of sp³-hybridized carbons (Fsp3) is 0.455. The van der Waals surface area contributed by atoms with Crippen LogP contribution >= 0.6 is 11.6 Å². The van der Waals surface area contributed by atoms with Gasteiger partial charge in [0.25, 0.3) is 0 Å². The van der Waals surface area contributed by atoms with Gasteiger partial charge in [-0.2, -0.15) is 4.98 Å². The number of pyridine rings is 1. The molecule has 92 valence electrons. The maximum atomic E-state index is 11.0. The van der Waals surface area contributed by atoms with Crippen molar-refractivity contribution >= 4 is 23.3 Å². The maximum absolute atomic E-state index is 11.0. The van der Waals surface area contributed by atoms with Gasteiger partial charge in [-0.25, -0.2) is 0 Å². The Kier molecular flexibility index (Phi) is 3.22. The summed E-state index contributed by atoms with van der Waals surface area (Å²) in [6.45, 7) is 4.40. The van der Waals surface area contributed by atoms with Crippen LogP contribution in [0, 0.1) is 0 Å². The lowest BCUT2D eigenvalue weighted by molar-refractivity contribution is -0.151. The van der Waals surface area contributed by atoms with Crippen molar-refractivity contribution in [3.63, 3.8) is 0 Å². The number of hydrogen-bond acceptors (Lipinski definition) is 4. The fourth-order valence-electron chi connectivity index (χ4n) is 1.44. The first-order valence-corrected chi connectivity index (χ1v) is 5.57. The van der Waals surface area contributed by atoms with Crippen molar-refractivity contribution in [1.82, 2.24) is 4.98 Å². The zero-order valence-corrected chi connectivity index (χ0v) is 10.4. The van der Waals surface area contributed by atoms with Gasteiger partial charge in [0, 0.05) is 13.0 Å². The van der Waals surface area contributed by atoms with Crippen LogP contribution in [-0.2, 0) is 9.53 Å². The summed E-state index contributed by atoms with van der Waals surface area (Å²) in [5.74, 6) is 0.499. The van der Waals surface area contributed by atoms with Gasteiger partial charge >= 0.3 is 0 Å².